The maximum Gasteiger partial charge on any atom is 0.0892 e. The predicted octanol–water partition coefficient (Wildman–Crippen LogP) is 4.71. The smallest absolute Gasteiger partial charge is 0.0892 e. The van der Waals surface area contributed by atoms with Crippen molar-refractivity contribution in [1.82, 2.24) is 14.9 Å². The number of pyridine rings is 1. The van der Waals surface area contributed by atoms with E-state index in [4.69, 9.17) is 16.3 Å². The number of likely N-dealkylation sites (tertiary alicyclic amines) is 1. The van der Waals surface area contributed by atoms with Gasteiger partial charge in [-0.05, 0) is 62.0 Å². The Bertz CT molecular complexity index is 892. The third kappa shape index (κ3) is 4.26. The number of hydrogen-bond donors (Lipinski definition) is 1. The molecule has 1 fully saturated rings. The fourth-order valence-corrected chi connectivity index (χ4v) is 3.83. The zero-order chi connectivity index (χ0) is 17.9. The van der Waals surface area contributed by atoms with Crippen molar-refractivity contribution in [2.45, 2.75) is 39.0 Å². The van der Waals surface area contributed by atoms with Crippen molar-refractivity contribution in [2.75, 3.05) is 13.1 Å². The van der Waals surface area contributed by atoms with Crippen LogP contribution in [-0.2, 0) is 17.9 Å². The van der Waals surface area contributed by atoms with Crippen molar-refractivity contribution in [1.29, 1.82) is 0 Å². The summed E-state index contributed by atoms with van der Waals surface area (Å²) < 4.78 is 6.13. The molecule has 2 aromatic heterocycles. The van der Waals surface area contributed by atoms with Crippen LogP contribution >= 0.6 is 11.6 Å². The number of halogens is 1. The van der Waals surface area contributed by atoms with E-state index in [1.807, 2.05) is 37.3 Å². The van der Waals surface area contributed by atoms with Gasteiger partial charge in [-0.1, -0.05) is 23.7 Å². The molecule has 3 aromatic rings. The summed E-state index contributed by atoms with van der Waals surface area (Å²) in [5.41, 5.74) is 4.37. The molecule has 0 bridgehead atoms. The fourth-order valence-electron chi connectivity index (χ4n) is 3.66. The minimum atomic E-state index is 0.268. The topological polar surface area (TPSA) is 41.1 Å². The lowest BCUT2D eigenvalue weighted by Crippen LogP contribution is -2.39. The lowest BCUT2D eigenvalue weighted by Gasteiger charge is -2.32. The second-order valence-electron chi connectivity index (χ2n) is 7.11. The van der Waals surface area contributed by atoms with Gasteiger partial charge >= 0.3 is 0 Å². The summed E-state index contributed by atoms with van der Waals surface area (Å²) >= 11 is 6.08. The van der Waals surface area contributed by atoms with E-state index in [9.17, 15) is 0 Å². The molecule has 1 aliphatic heterocycles. The van der Waals surface area contributed by atoms with Gasteiger partial charge < -0.3 is 9.72 Å². The number of ether oxygens (including phenoxy) is 1. The van der Waals surface area contributed by atoms with Crippen LogP contribution in [-0.4, -0.2) is 34.1 Å². The van der Waals surface area contributed by atoms with E-state index in [0.717, 1.165) is 54.4 Å². The standard InChI is InChI=1S/C21H24ClN3O/c1-15-4-2-5-18(23-15)14-26-20-6-3-9-25(13-20)12-19-10-16-7-8-17(22)11-21(16)24-19/h2,4-5,7-8,10-11,20,24H,3,6,9,12-14H2,1H3/t20-/m0/s1. The first-order valence-corrected chi connectivity index (χ1v) is 9.57. The average Bonchev–Trinajstić information content (AvgIpc) is 3.01. The van der Waals surface area contributed by atoms with Crippen LogP contribution in [0.2, 0.25) is 5.02 Å². The number of aryl methyl sites for hydroxylation is 1. The number of hydrogen-bond acceptors (Lipinski definition) is 3. The summed E-state index contributed by atoms with van der Waals surface area (Å²) in [6, 6.07) is 14.3. The number of piperidine rings is 1. The number of nitrogens with one attached hydrogen (secondary N) is 1. The molecule has 4 rings (SSSR count). The SMILES string of the molecule is Cc1cccc(CO[C@H]2CCCN(Cc3cc4ccc(Cl)cc4[nH]3)C2)n1. The molecule has 1 aromatic carbocycles. The first kappa shape index (κ1) is 17.5. The first-order valence-electron chi connectivity index (χ1n) is 9.19. The highest BCUT2D eigenvalue weighted by molar-refractivity contribution is 6.31. The first-order chi connectivity index (χ1) is 12.7. The van der Waals surface area contributed by atoms with Crippen molar-refractivity contribution in [3.63, 3.8) is 0 Å². The van der Waals surface area contributed by atoms with E-state index >= 15 is 0 Å². The van der Waals surface area contributed by atoms with E-state index in [1.54, 1.807) is 0 Å². The molecule has 1 saturated heterocycles. The maximum atomic E-state index is 6.13. The number of aromatic nitrogens is 2. The second kappa shape index (κ2) is 7.78. The minimum Gasteiger partial charge on any atom is -0.371 e. The van der Waals surface area contributed by atoms with Gasteiger partial charge in [0.2, 0.25) is 0 Å². The molecule has 136 valence electrons. The Morgan fingerprint density at radius 2 is 2.19 bits per heavy atom. The van der Waals surface area contributed by atoms with Gasteiger partial charge in [0.05, 0.1) is 18.4 Å². The Morgan fingerprint density at radius 3 is 3.08 bits per heavy atom. The minimum absolute atomic E-state index is 0.268. The average molecular weight is 370 g/mol. The number of benzene rings is 1. The van der Waals surface area contributed by atoms with Gasteiger partial charge in [0.1, 0.15) is 0 Å². The van der Waals surface area contributed by atoms with Gasteiger partial charge in [-0.2, -0.15) is 0 Å². The monoisotopic (exact) mass is 369 g/mol. The quantitative estimate of drug-likeness (QED) is 0.708. The summed E-state index contributed by atoms with van der Waals surface area (Å²) in [5, 5.41) is 1.97. The van der Waals surface area contributed by atoms with E-state index < -0.39 is 0 Å². The Kier molecular flexibility index (Phi) is 5.25. The molecule has 0 spiro atoms. The van der Waals surface area contributed by atoms with Crippen LogP contribution in [0, 0.1) is 6.92 Å². The highest BCUT2D eigenvalue weighted by atomic mass is 35.5. The van der Waals surface area contributed by atoms with Crippen LogP contribution < -0.4 is 0 Å². The number of fused-ring (bicyclic) bond motifs is 1. The lowest BCUT2D eigenvalue weighted by atomic mass is 10.1. The van der Waals surface area contributed by atoms with Crippen molar-refractivity contribution in [3.8, 4) is 0 Å². The van der Waals surface area contributed by atoms with E-state index in [2.05, 4.69) is 27.0 Å². The number of rotatable bonds is 5. The van der Waals surface area contributed by atoms with E-state index in [-0.39, 0.29) is 6.10 Å². The van der Waals surface area contributed by atoms with Crippen molar-refractivity contribution >= 4 is 22.5 Å². The van der Waals surface area contributed by atoms with E-state index in [0.29, 0.717) is 6.61 Å². The zero-order valence-electron chi connectivity index (χ0n) is 15.0. The molecular formula is C21H24ClN3O. The summed E-state index contributed by atoms with van der Waals surface area (Å²) in [6.07, 6.45) is 2.55. The van der Waals surface area contributed by atoms with E-state index in [1.165, 1.54) is 11.1 Å². The van der Waals surface area contributed by atoms with Gasteiger partial charge in [0.15, 0.2) is 0 Å². The fraction of sp³-hybridized carbons (Fsp3) is 0.381. The summed E-state index contributed by atoms with van der Waals surface area (Å²) in [7, 11) is 0. The molecule has 0 radical (unpaired) electrons. The Balaban J connectivity index is 1.35. The molecule has 0 aliphatic carbocycles. The van der Waals surface area contributed by atoms with Gasteiger partial charge in [0, 0.05) is 35.0 Å². The molecule has 0 amide bonds. The Morgan fingerprint density at radius 1 is 1.27 bits per heavy atom. The Labute approximate surface area is 159 Å². The summed E-state index contributed by atoms with van der Waals surface area (Å²) in [5.74, 6) is 0. The molecule has 3 heterocycles. The Hall–Kier alpha value is -1.88. The normalized spacial score (nSPS) is 18.5. The van der Waals surface area contributed by atoms with Gasteiger partial charge in [-0.15, -0.1) is 0 Å². The highest BCUT2D eigenvalue weighted by Crippen LogP contribution is 2.22. The highest BCUT2D eigenvalue weighted by Gasteiger charge is 2.21. The molecule has 0 saturated carbocycles. The van der Waals surface area contributed by atoms with Crippen molar-refractivity contribution in [3.05, 3.63) is 64.6 Å². The third-order valence-electron chi connectivity index (χ3n) is 4.91. The van der Waals surface area contributed by atoms with Gasteiger partial charge in [-0.3, -0.25) is 9.88 Å². The van der Waals surface area contributed by atoms with Crippen LogP contribution in [0.3, 0.4) is 0 Å². The number of H-pyrrole nitrogens is 1. The zero-order valence-corrected chi connectivity index (χ0v) is 15.8. The molecule has 0 unspecified atom stereocenters. The van der Waals surface area contributed by atoms with Gasteiger partial charge in [-0.25, -0.2) is 0 Å². The number of nitrogens with zero attached hydrogens (tertiary/aromatic N) is 2. The third-order valence-corrected chi connectivity index (χ3v) is 5.14. The molecule has 1 atom stereocenters. The summed E-state index contributed by atoms with van der Waals surface area (Å²) in [6.45, 7) is 5.58. The summed E-state index contributed by atoms with van der Waals surface area (Å²) in [4.78, 5) is 10.5. The number of aromatic amines is 1. The lowest BCUT2D eigenvalue weighted by molar-refractivity contribution is -0.0135. The van der Waals surface area contributed by atoms with Crippen molar-refractivity contribution in [2.24, 2.45) is 0 Å². The molecule has 4 nitrogen and oxygen atoms in total. The second-order valence-corrected chi connectivity index (χ2v) is 7.54. The molecule has 1 N–H and O–H groups in total. The van der Waals surface area contributed by atoms with Crippen molar-refractivity contribution < 1.29 is 4.74 Å². The van der Waals surface area contributed by atoms with Crippen LogP contribution in [0.4, 0.5) is 0 Å². The van der Waals surface area contributed by atoms with Gasteiger partial charge in [0.25, 0.3) is 0 Å². The molecular weight excluding hydrogens is 346 g/mol. The molecule has 1 aliphatic rings. The molecule has 26 heavy (non-hydrogen) atoms. The molecule has 5 heteroatoms. The van der Waals surface area contributed by atoms with Crippen LogP contribution in [0.15, 0.2) is 42.5 Å². The largest absolute Gasteiger partial charge is 0.371 e. The van der Waals surface area contributed by atoms with Crippen LogP contribution in [0.5, 0.6) is 0 Å². The van der Waals surface area contributed by atoms with Crippen LogP contribution in [0.25, 0.3) is 10.9 Å². The maximum absolute atomic E-state index is 6.13. The predicted molar refractivity (Wildman–Crippen MR) is 105 cm³/mol. The van der Waals surface area contributed by atoms with Crippen LogP contribution in [0.1, 0.15) is 29.9 Å².